The summed E-state index contributed by atoms with van der Waals surface area (Å²) in [4.78, 5) is 50.4. The van der Waals surface area contributed by atoms with Crippen molar-refractivity contribution in [3.63, 3.8) is 0 Å². The number of ether oxygens (including phenoxy) is 6. The highest BCUT2D eigenvalue weighted by molar-refractivity contribution is 7.99. The topological polar surface area (TPSA) is 161 Å². The molecule has 56 heavy (non-hydrogen) atoms. The van der Waals surface area contributed by atoms with Crippen LogP contribution >= 0.6 is 11.8 Å². The molecule has 6 atom stereocenters. The first kappa shape index (κ1) is 35.3. The monoisotopic (exact) mass is 782 g/mol. The summed E-state index contributed by atoms with van der Waals surface area (Å²) in [6.07, 6.45) is 1.04. The number of nitrogens with one attached hydrogen (secondary N) is 2. The summed E-state index contributed by atoms with van der Waals surface area (Å²) in [5, 5.41) is 16.0. The molecule has 292 valence electrons. The normalized spacial score (nSPS) is 27.3. The maximum atomic E-state index is 15.1. The smallest absolute Gasteiger partial charge is 0.333 e. The summed E-state index contributed by atoms with van der Waals surface area (Å²) < 4.78 is 36.1. The number of methoxy groups -OCH3 is 2. The minimum Gasteiger partial charge on any atom is -0.504 e. The molecule has 1 aromatic heterocycles. The van der Waals surface area contributed by atoms with Gasteiger partial charge in [-0.2, -0.15) is 0 Å². The van der Waals surface area contributed by atoms with E-state index in [2.05, 4.69) is 15.2 Å². The van der Waals surface area contributed by atoms with Gasteiger partial charge < -0.3 is 43.4 Å². The summed E-state index contributed by atoms with van der Waals surface area (Å²) in [5.41, 5.74) is 5.47. The van der Waals surface area contributed by atoms with Crippen molar-refractivity contribution in [2.45, 2.75) is 68.6 Å². The highest BCUT2D eigenvalue weighted by atomic mass is 32.2. The van der Waals surface area contributed by atoms with Gasteiger partial charge in [0.15, 0.2) is 28.5 Å². The first-order chi connectivity index (χ1) is 27.0. The Kier molecular flexibility index (Phi) is 7.84. The van der Waals surface area contributed by atoms with Crippen molar-refractivity contribution in [2.24, 2.45) is 0 Å². The number of hydrogen-bond acceptors (Lipinski definition) is 13. The van der Waals surface area contributed by atoms with Gasteiger partial charge >= 0.3 is 11.9 Å². The Morgan fingerprint density at radius 1 is 1.02 bits per heavy atom. The van der Waals surface area contributed by atoms with Crippen molar-refractivity contribution in [3.05, 3.63) is 68.9 Å². The Bertz CT molecular complexity index is 2410. The number of piperazine rings is 1. The molecular formula is C41H42N4O10S. The number of aromatic amines is 1. The lowest BCUT2D eigenvalue weighted by atomic mass is 9.73. The van der Waals surface area contributed by atoms with Crippen LogP contribution in [-0.4, -0.2) is 96.8 Å². The lowest BCUT2D eigenvalue weighted by Gasteiger charge is -2.59. The van der Waals surface area contributed by atoms with E-state index in [1.54, 1.807) is 7.11 Å². The van der Waals surface area contributed by atoms with Gasteiger partial charge in [-0.25, -0.2) is 4.79 Å². The van der Waals surface area contributed by atoms with Crippen molar-refractivity contribution in [1.29, 1.82) is 0 Å². The van der Waals surface area contributed by atoms with Gasteiger partial charge in [0.05, 0.1) is 49.3 Å². The number of carbonyl (C=O) groups is 3. The standard InChI is InChI=1S/C41H42N4O10S/c1-17-11-20-12-25-39(48)45-26-14-52-40(49)41(38-22(9-10-42-41)23-13-21(50-5)7-8-24(23)43-38)15-56-37(31(45)30(44(25)4)27(20)32(47)33(17)51-6)29-28(26)36-35(53-16-54-36)18(2)34(29)55-19(3)46/h7-8,11,13,25-26,30-31,37,42-43,47H,9-10,12,14-16H2,1-6H3/t25-,26-,30+,31+,37+,41+/m0/s1. The number of likely N-dealkylation sites (N-methyl/N-ethyl adjacent to an activating group) is 1. The number of rotatable bonds is 3. The summed E-state index contributed by atoms with van der Waals surface area (Å²) in [6.45, 7) is 5.30. The number of carbonyl (C=O) groups excluding carboxylic acids is 3. The molecule has 8 heterocycles. The van der Waals surface area contributed by atoms with Crippen LogP contribution in [0, 0.1) is 13.8 Å². The molecule has 11 rings (SSSR count). The van der Waals surface area contributed by atoms with Gasteiger partial charge in [0.25, 0.3) is 0 Å². The molecule has 0 unspecified atom stereocenters. The highest BCUT2D eigenvalue weighted by Crippen LogP contribution is 2.64. The molecule has 4 bridgehead atoms. The molecule has 14 nitrogen and oxygen atoms in total. The number of amides is 1. The van der Waals surface area contributed by atoms with Gasteiger partial charge in [-0.15, -0.1) is 11.8 Å². The number of aryl methyl sites for hydroxylation is 1. The number of H-pyrrole nitrogens is 1. The summed E-state index contributed by atoms with van der Waals surface area (Å²) in [7, 11) is 5.09. The van der Waals surface area contributed by atoms with E-state index in [-0.39, 0.29) is 30.8 Å². The fourth-order valence-corrected chi connectivity index (χ4v) is 12.0. The minimum absolute atomic E-state index is 0.0300. The zero-order valence-electron chi connectivity index (χ0n) is 31.9. The largest absolute Gasteiger partial charge is 0.504 e. The van der Waals surface area contributed by atoms with Crippen LogP contribution in [0.5, 0.6) is 34.5 Å². The Balaban J connectivity index is 1.23. The molecule has 2 saturated heterocycles. The van der Waals surface area contributed by atoms with Crippen LogP contribution in [0.2, 0.25) is 0 Å². The van der Waals surface area contributed by atoms with Crippen molar-refractivity contribution in [3.8, 4) is 34.5 Å². The van der Waals surface area contributed by atoms with Gasteiger partial charge in [0.2, 0.25) is 12.7 Å². The fraction of sp³-hybridized carbons (Fsp3) is 0.439. The number of phenols is 1. The van der Waals surface area contributed by atoms with Crippen molar-refractivity contribution in [1.82, 2.24) is 20.1 Å². The van der Waals surface area contributed by atoms with Crippen LogP contribution in [-0.2, 0) is 37.5 Å². The summed E-state index contributed by atoms with van der Waals surface area (Å²) in [5.74, 6) is 1.36. The third-order valence-electron chi connectivity index (χ3n) is 12.7. The Morgan fingerprint density at radius 2 is 1.82 bits per heavy atom. The Labute approximate surface area is 326 Å². The number of phenolic OH excluding ortho intramolecular Hbond substituents is 1. The first-order valence-electron chi connectivity index (χ1n) is 18.8. The lowest BCUT2D eigenvalue weighted by Crippen LogP contribution is -2.68. The SMILES string of the molecule is COc1ccc2[nH]c3c(c2c1)CCN[C@]31CS[C@@H]2c3c(OC(C)=O)c(C)c4c(c3[C@H](COC1=O)N1C(=O)[C@@H]3Cc5cc(C)c(OC)c(O)c5[C@H]([C@H]21)N3C)OCO4. The van der Waals surface area contributed by atoms with Crippen LogP contribution in [0.25, 0.3) is 10.9 Å². The van der Waals surface area contributed by atoms with Gasteiger partial charge in [-0.3, -0.25) is 19.8 Å². The van der Waals surface area contributed by atoms with Gasteiger partial charge in [-0.05, 0) is 68.6 Å². The highest BCUT2D eigenvalue weighted by Gasteiger charge is 2.61. The van der Waals surface area contributed by atoms with E-state index in [4.69, 9.17) is 28.4 Å². The number of nitrogens with zero attached hydrogens (tertiary/aromatic N) is 2. The molecule has 0 radical (unpaired) electrons. The first-order valence-corrected chi connectivity index (χ1v) is 19.8. The molecule has 3 N–H and O–H groups in total. The molecule has 1 amide bonds. The predicted molar refractivity (Wildman–Crippen MR) is 204 cm³/mol. The summed E-state index contributed by atoms with van der Waals surface area (Å²) >= 11 is 1.48. The predicted octanol–water partition coefficient (Wildman–Crippen LogP) is 4.40. The maximum Gasteiger partial charge on any atom is 0.333 e. The molecular weight excluding hydrogens is 741 g/mol. The molecule has 0 saturated carbocycles. The zero-order chi connectivity index (χ0) is 38.9. The number of hydrogen-bond donors (Lipinski definition) is 3. The molecule has 0 aliphatic carbocycles. The lowest BCUT2D eigenvalue weighted by molar-refractivity contribution is -0.166. The second-order valence-electron chi connectivity index (χ2n) is 15.5. The van der Waals surface area contributed by atoms with Crippen molar-refractivity contribution >= 4 is 40.5 Å². The van der Waals surface area contributed by atoms with Crippen molar-refractivity contribution in [2.75, 3.05) is 47.0 Å². The fourth-order valence-electron chi connectivity index (χ4n) is 10.4. The van der Waals surface area contributed by atoms with E-state index in [9.17, 15) is 14.7 Å². The van der Waals surface area contributed by atoms with Gasteiger partial charge in [-0.1, -0.05) is 6.07 Å². The second-order valence-corrected chi connectivity index (χ2v) is 16.6. The molecule has 7 aliphatic heterocycles. The number of benzene rings is 3. The minimum atomic E-state index is -1.31. The van der Waals surface area contributed by atoms with E-state index >= 15 is 4.79 Å². The van der Waals surface area contributed by atoms with Crippen LogP contribution < -0.4 is 29.0 Å². The van der Waals surface area contributed by atoms with E-state index in [0.717, 1.165) is 33.3 Å². The molecule has 4 aromatic rings. The number of fused-ring (bicyclic) bond motifs is 11. The van der Waals surface area contributed by atoms with E-state index in [0.29, 0.717) is 70.4 Å². The molecule has 7 aliphatic rings. The van der Waals surface area contributed by atoms with E-state index in [1.807, 2.05) is 50.1 Å². The molecule has 15 heteroatoms. The van der Waals surface area contributed by atoms with Gasteiger partial charge in [0, 0.05) is 52.4 Å². The average Bonchev–Trinajstić information content (AvgIpc) is 3.82. The molecule has 3 aromatic carbocycles. The van der Waals surface area contributed by atoms with Crippen molar-refractivity contribution < 1.29 is 47.9 Å². The number of esters is 2. The number of aromatic nitrogens is 1. The molecule has 1 spiro atoms. The van der Waals surface area contributed by atoms with E-state index < -0.39 is 46.9 Å². The maximum absolute atomic E-state index is 15.1. The van der Waals surface area contributed by atoms with Crippen LogP contribution in [0.1, 0.15) is 68.9 Å². The third-order valence-corrected chi connectivity index (χ3v) is 14.2. The Morgan fingerprint density at radius 3 is 2.59 bits per heavy atom. The van der Waals surface area contributed by atoms with Crippen LogP contribution in [0.4, 0.5) is 0 Å². The molecule has 2 fully saturated rings. The number of aromatic hydroxyl groups is 1. The summed E-state index contributed by atoms with van der Waals surface area (Å²) in [6, 6.07) is 5.25. The second kappa shape index (κ2) is 12.4. The van der Waals surface area contributed by atoms with E-state index in [1.165, 1.54) is 25.8 Å². The van der Waals surface area contributed by atoms with Gasteiger partial charge in [0.1, 0.15) is 18.1 Å². The zero-order valence-corrected chi connectivity index (χ0v) is 32.7. The quantitative estimate of drug-likeness (QED) is 0.199. The van der Waals surface area contributed by atoms with Crippen LogP contribution in [0.3, 0.4) is 0 Å². The average molecular weight is 783 g/mol. The number of thioether (sulfide) groups is 1. The Hall–Kier alpha value is -5.12. The third kappa shape index (κ3) is 4.61. The van der Waals surface area contributed by atoms with Crippen LogP contribution in [0.15, 0.2) is 24.3 Å².